The predicted molar refractivity (Wildman–Crippen MR) is 177 cm³/mol. The number of phosphoric ester groups is 1. The fraction of sp³-hybridized carbons (Fsp3) is 0.941. The van der Waals surface area contributed by atoms with Gasteiger partial charge in [-0.2, -0.15) is 0 Å². The van der Waals surface area contributed by atoms with E-state index in [1.807, 2.05) is 0 Å². The molecule has 0 aliphatic carbocycles. The molecule has 0 bridgehead atoms. The van der Waals surface area contributed by atoms with E-state index in [-0.39, 0.29) is 0 Å². The van der Waals surface area contributed by atoms with Crippen LogP contribution < -0.4 is 5.73 Å². The lowest BCUT2D eigenvalue weighted by Crippen LogP contribution is -1.99. The van der Waals surface area contributed by atoms with Crippen LogP contribution in [-0.4, -0.2) is 24.7 Å². The third-order valence-electron chi connectivity index (χ3n) is 7.22. The van der Waals surface area contributed by atoms with Crippen molar-refractivity contribution in [1.82, 2.24) is 0 Å². The summed E-state index contributed by atoms with van der Waals surface area (Å²) in [4.78, 5) is 9.51. The summed E-state index contributed by atoms with van der Waals surface area (Å²) >= 11 is 0. The van der Waals surface area contributed by atoms with Crippen molar-refractivity contribution < 1.29 is 18.5 Å². The van der Waals surface area contributed by atoms with Gasteiger partial charge in [0.05, 0.1) is 13.2 Å². The molecule has 0 aliphatic rings. The predicted octanol–water partition coefficient (Wildman–Crippen LogP) is 11.8. The van der Waals surface area contributed by atoms with E-state index >= 15 is 0 Å². The van der Waals surface area contributed by atoms with Crippen LogP contribution in [0.1, 0.15) is 188 Å². The van der Waals surface area contributed by atoms with Crippen molar-refractivity contribution in [2.75, 3.05) is 19.8 Å². The number of nitrogens with two attached hydrogens (primary N) is 1. The van der Waals surface area contributed by atoms with Gasteiger partial charge in [0.2, 0.25) is 0 Å². The quantitative estimate of drug-likeness (QED) is 0.0477. The van der Waals surface area contributed by atoms with E-state index in [0.717, 1.165) is 32.2 Å². The van der Waals surface area contributed by atoms with Gasteiger partial charge in [-0.1, -0.05) is 155 Å². The Morgan fingerprint density at radius 3 is 1.15 bits per heavy atom. The Morgan fingerprint density at radius 1 is 0.500 bits per heavy atom. The number of phosphoric acid groups is 1. The second-order valence-electron chi connectivity index (χ2n) is 11.4. The van der Waals surface area contributed by atoms with Gasteiger partial charge in [0, 0.05) is 0 Å². The highest BCUT2D eigenvalue weighted by atomic mass is 31.2. The first kappa shape index (κ1) is 41.9. The molecule has 0 radical (unpaired) electrons. The molecule has 3 N–H and O–H groups in total. The maximum absolute atomic E-state index is 11.6. The number of rotatable bonds is 31. The van der Waals surface area contributed by atoms with Crippen molar-refractivity contribution in [2.24, 2.45) is 5.73 Å². The fourth-order valence-electron chi connectivity index (χ4n) is 4.55. The highest BCUT2D eigenvalue weighted by Gasteiger charge is 2.19. The van der Waals surface area contributed by atoms with Crippen LogP contribution in [0.25, 0.3) is 0 Å². The van der Waals surface area contributed by atoms with Crippen molar-refractivity contribution in [2.45, 2.75) is 188 Å². The average molecular weight is 590 g/mol. The van der Waals surface area contributed by atoms with E-state index in [4.69, 9.17) is 14.8 Å². The summed E-state index contributed by atoms with van der Waals surface area (Å²) in [5, 5.41) is 0. The van der Waals surface area contributed by atoms with Crippen LogP contribution in [0.3, 0.4) is 0 Å². The van der Waals surface area contributed by atoms with Crippen molar-refractivity contribution in [3.63, 3.8) is 0 Å². The lowest BCUT2D eigenvalue weighted by atomic mass is 10.1. The Morgan fingerprint density at radius 2 is 0.800 bits per heavy atom. The molecule has 0 fully saturated rings. The summed E-state index contributed by atoms with van der Waals surface area (Å²) in [6.45, 7) is 8.15. The molecular weight excluding hydrogens is 517 g/mol. The summed E-state index contributed by atoms with van der Waals surface area (Å²) < 4.78 is 21.5. The van der Waals surface area contributed by atoms with Gasteiger partial charge in [-0.3, -0.25) is 9.05 Å². The highest BCUT2D eigenvalue weighted by Crippen LogP contribution is 2.43. The summed E-state index contributed by atoms with van der Waals surface area (Å²) in [5.74, 6) is 0. The fourth-order valence-corrected chi connectivity index (χ4v) is 5.35. The van der Waals surface area contributed by atoms with E-state index in [1.165, 1.54) is 141 Å². The number of hydrogen-bond acceptors (Lipinski definition) is 4. The van der Waals surface area contributed by atoms with Crippen LogP contribution in [0.5, 0.6) is 0 Å². The van der Waals surface area contributed by atoms with E-state index in [0.29, 0.717) is 13.2 Å². The van der Waals surface area contributed by atoms with Gasteiger partial charge >= 0.3 is 7.82 Å². The van der Waals surface area contributed by atoms with Gasteiger partial charge in [-0.05, 0) is 51.5 Å². The lowest BCUT2D eigenvalue weighted by Gasteiger charge is -2.12. The van der Waals surface area contributed by atoms with Gasteiger partial charge < -0.3 is 10.6 Å². The summed E-state index contributed by atoms with van der Waals surface area (Å²) in [7, 11) is -3.82. The normalized spacial score (nSPS) is 11.7. The smallest absolute Gasteiger partial charge is 0.330 e. The largest absolute Gasteiger partial charge is 0.472 e. The number of unbranched alkanes of at least 4 members (excludes halogenated alkanes) is 22. The van der Waals surface area contributed by atoms with Crippen molar-refractivity contribution in [3.8, 4) is 0 Å². The molecule has 0 rings (SSSR count). The lowest BCUT2D eigenvalue weighted by molar-refractivity contribution is 0.145. The van der Waals surface area contributed by atoms with Gasteiger partial charge in [0.25, 0.3) is 0 Å². The minimum atomic E-state index is -3.82. The standard InChI is InChI=1S/C18H37N.C16H35O4P/c1-2-3-4-5-6-7-8-9-10-11-12-13-14-15-16-17-18-19;1-3-5-7-9-11-13-15-19-21(17,18)20-16-14-12-10-8-6-4-2/h9-10H,2-8,11-19H2,1H3;3-16H2,1-2H3,(H,17,18)/b10-9-;. The molecule has 0 aromatic heterocycles. The van der Waals surface area contributed by atoms with E-state index in [2.05, 4.69) is 32.9 Å². The molecule has 0 saturated carbocycles. The molecule has 242 valence electrons. The number of allylic oxidation sites excluding steroid dienone is 2. The monoisotopic (exact) mass is 590 g/mol. The van der Waals surface area contributed by atoms with Crippen LogP contribution in [0, 0.1) is 0 Å². The first-order valence-corrected chi connectivity index (χ1v) is 19.0. The summed E-state index contributed by atoms with van der Waals surface area (Å²) in [6, 6.07) is 0. The molecule has 0 unspecified atom stereocenters. The highest BCUT2D eigenvalue weighted by molar-refractivity contribution is 7.47. The van der Waals surface area contributed by atoms with Crippen LogP contribution in [0.4, 0.5) is 0 Å². The van der Waals surface area contributed by atoms with Gasteiger partial charge in [0.15, 0.2) is 0 Å². The molecule has 0 amide bonds. The molecule has 0 heterocycles. The first-order chi connectivity index (χ1) is 19.5. The van der Waals surface area contributed by atoms with E-state index < -0.39 is 7.82 Å². The number of hydrogen-bond donors (Lipinski definition) is 2. The van der Waals surface area contributed by atoms with E-state index in [9.17, 15) is 9.46 Å². The van der Waals surface area contributed by atoms with E-state index in [1.54, 1.807) is 0 Å². The molecule has 0 spiro atoms. The third kappa shape index (κ3) is 40.0. The van der Waals surface area contributed by atoms with Crippen molar-refractivity contribution in [1.29, 1.82) is 0 Å². The molecule has 0 atom stereocenters. The van der Waals surface area contributed by atoms with Crippen molar-refractivity contribution in [3.05, 3.63) is 12.2 Å². The van der Waals surface area contributed by atoms with Crippen molar-refractivity contribution >= 4 is 7.82 Å². The van der Waals surface area contributed by atoms with Crippen LogP contribution in [0.15, 0.2) is 12.2 Å². The topological polar surface area (TPSA) is 81.8 Å². The zero-order valence-electron chi connectivity index (χ0n) is 27.4. The van der Waals surface area contributed by atoms with Crippen LogP contribution >= 0.6 is 7.82 Å². The molecule has 0 saturated heterocycles. The Hall–Kier alpha value is -0.190. The zero-order chi connectivity index (χ0) is 29.8. The second kappa shape index (κ2) is 36.8. The Kier molecular flexibility index (Phi) is 38.6. The molecule has 6 heteroatoms. The summed E-state index contributed by atoms with van der Waals surface area (Å²) in [5.41, 5.74) is 5.47. The molecular formula is C34H72NO4P. The first-order valence-electron chi connectivity index (χ1n) is 17.5. The molecule has 0 aromatic rings. The third-order valence-corrected chi connectivity index (χ3v) is 8.24. The zero-order valence-corrected chi connectivity index (χ0v) is 28.3. The Labute approximate surface area is 251 Å². The van der Waals surface area contributed by atoms with Crippen LogP contribution in [-0.2, 0) is 13.6 Å². The second-order valence-corrected chi connectivity index (χ2v) is 12.9. The Bertz CT molecular complexity index is 508. The maximum atomic E-state index is 11.6. The minimum Gasteiger partial charge on any atom is -0.330 e. The van der Waals surface area contributed by atoms with Gasteiger partial charge in [-0.25, -0.2) is 4.57 Å². The molecule has 0 aromatic carbocycles. The molecule has 5 nitrogen and oxygen atoms in total. The SMILES string of the molecule is CCCCCCCC/C=C\CCCCCCCCN.CCCCCCCCOP(=O)(O)OCCCCCCCC. The summed E-state index contributed by atoms with van der Waals surface area (Å²) in [6.07, 6.45) is 37.5. The van der Waals surface area contributed by atoms with Gasteiger partial charge in [0.1, 0.15) is 0 Å². The average Bonchev–Trinajstić information content (AvgIpc) is 2.94. The minimum absolute atomic E-state index is 0.316. The van der Waals surface area contributed by atoms with Crippen LogP contribution in [0.2, 0.25) is 0 Å². The maximum Gasteiger partial charge on any atom is 0.472 e. The van der Waals surface area contributed by atoms with Gasteiger partial charge in [-0.15, -0.1) is 0 Å². The molecule has 40 heavy (non-hydrogen) atoms. The molecule has 0 aliphatic heterocycles. The Balaban J connectivity index is 0.